The number of ether oxygens (including phenoxy) is 1. The summed E-state index contributed by atoms with van der Waals surface area (Å²) in [6.07, 6.45) is 2.54. The fourth-order valence-corrected chi connectivity index (χ4v) is 2.00. The van der Waals surface area contributed by atoms with Gasteiger partial charge in [-0.3, -0.25) is 4.68 Å². The molecule has 2 N–H and O–H groups in total. The second kappa shape index (κ2) is 6.59. The molecular formula is C14H18ClN3O. The van der Waals surface area contributed by atoms with E-state index in [1.807, 2.05) is 35.9 Å². The number of halogens is 1. The highest BCUT2D eigenvalue weighted by molar-refractivity contribution is 6.31. The molecule has 0 atom stereocenters. The molecule has 2 rings (SSSR count). The van der Waals surface area contributed by atoms with E-state index in [0.29, 0.717) is 18.2 Å². The maximum absolute atomic E-state index is 5.95. The Morgan fingerprint density at radius 3 is 2.84 bits per heavy atom. The van der Waals surface area contributed by atoms with Gasteiger partial charge in [-0.15, -0.1) is 0 Å². The third kappa shape index (κ3) is 3.49. The van der Waals surface area contributed by atoms with Crippen molar-refractivity contribution in [1.29, 1.82) is 0 Å². The molecule has 19 heavy (non-hydrogen) atoms. The van der Waals surface area contributed by atoms with Gasteiger partial charge in [-0.1, -0.05) is 29.8 Å². The molecule has 0 fully saturated rings. The van der Waals surface area contributed by atoms with Gasteiger partial charge in [0.2, 0.25) is 0 Å². The van der Waals surface area contributed by atoms with Gasteiger partial charge in [-0.05, 0) is 13.0 Å². The van der Waals surface area contributed by atoms with Gasteiger partial charge in [-0.25, -0.2) is 0 Å². The van der Waals surface area contributed by atoms with Crippen molar-refractivity contribution in [2.45, 2.75) is 26.4 Å². The fraction of sp³-hybridized carbons (Fsp3) is 0.357. The summed E-state index contributed by atoms with van der Waals surface area (Å²) in [6.45, 7) is 3.88. The summed E-state index contributed by atoms with van der Waals surface area (Å²) >= 11 is 5.95. The molecule has 0 radical (unpaired) electrons. The van der Waals surface area contributed by atoms with Crippen molar-refractivity contribution >= 4 is 11.6 Å². The lowest BCUT2D eigenvalue weighted by atomic mass is 10.2. The molecule has 1 aromatic carbocycles. The van der Waals surface area contributed by atoms with Crippen LogP contribution in [0.3, 0.4) is 0 Å². The predicted octanol–water partition coefficient (Wildman–Crippen LogP) is 2.77. The Labute approximate surface area is 118 Å². The van der Waals surface area contributed by atoms with Crippen LogP contribution in [0.5, 0.6) is 5.75 Å². The van der Waals surface area contributed by atoms with Crippen LogP contribution < -0.4 is 10.5 Å². The van der Waals surface area contributed by atoms with Crippen molar-refractivity contribution in [3.05, 3.63) is 46.7 Å². The normalized spacial score (nSPS) is 10.7. The summed E-state index contributed by atoms with van der Waals surface area (Å²) in [7, 11) is 0. The van der Waals surface area contributed by atoms with Crippen molar-refractivity contribution < 1.29 is 4.74 Å². The van der Waals surface area contributed by atoms with E-state index in [2.05, 4.69) is 5.10 Å². The maximum atomic E-state index is 5.95. The van der Waals surface area contributed by atoms with Crippen LogP contribution >= 0.6 is 11.6 Å². The Kier molecular flexibility index (Phi) is 4.82. The molecular weight excluding hydrogens is 262 g/mol. The molecule has 0 spiro atoms. The Balaban J connectivity index is 1.82. The summed E-state index contributed by atoms with van der Waals surface area (Å²) in [4.78, 5) is 0. The highest BCUT2D eigenvalue weighted by Crippen LogP contribution is 2.17. The molecule has 2 aromatic rings. The number of benzene rings is 1. The molecule has 4 nitrogen and oxygen atoms in total. The minimum Gasteiger partial charge on any atom is -0.493 e. The van der Waals surface area contributed by atoms with Crippen LogP contribution in [0.4, 0.5) is 0 Å². The summed E-state index contributed by atoms with van der Waals surface area (Å²) < 4.78 is 7.63. The quantitative estimate of drug-likeness (QED) is 0.827. The fourth-order valence-electron chi connectivity index (χ4n) is 1.86. The number of rotatable bonds is 6. The molecule has 102 valence electrons. The number of hydrogen-bond donors (Lipinski definition) is 1. The molecule has 0 unspecified atom stereocenters. The number of nitrogens with zero attached hydrogens (tertiary/aromatic N) is 2. The lowest BCUT2D eigenvalue weighted by molar-refractivity contribution is 0.295. The van der Waals surface area contributed by atoms with Crippen LogP contribution in [0.25, 0.3) is 0 Å². The Morgan fingerprint density at radius 2 is 2.16 bits per heavy atom. The van der Waals surface area contributed by atoms with E-state index in [1.165, 1.54) is 0 Å². The topological polar surface area (TPSA) is 53.1 Å². The first-order chi connectivity index (χ1) is 9.22. The van der Waals surface area contributed by atoms with E-state index < -0.39 is 0 Å². The van der Waals surface area contributed by atoms with Crippen molar-refractivity contribution in [2.75, 3.05) is 6.61 Å². The molecule has 1 heterocycles. The van der Waals surface area contributed by atoms with Crippen LogP contribution in [0.1, 0.15) is 17.7 Å². The molecule has 1 aromatic heterocycles. The number of nitrogens with two attached hydrogens (primary N) is 1. The first-order valence-electron chi connectivity index (χ1n) is 6.31. The van der Waals surface area contributed by atoms with Gasteiger partial charge >= 0.3 is 0 Å². The van der Waals surface area contributed by atoms with Crippen molar-refractivity contribution in [3.8, 4) is 5.75 Å². The average Bonchev–Trinajstić information content (AvgIpc) is 2.76. The van der Waals surface area contributed by atoms with Crippen LogP contribution in [0, 0.1) is 6.92 Å². The largest absolute Gasteiger partial charge is 0.493 e. The van der Waals surface area contributed by atoms with E-state index in [0.717, 1.165) is 30.0 Å². The second-order valence-electron chi connectivity index (χ2n) is 4.31. The average molecular weight is 280 g/mol. The molecule has 0 saturated heterocycles. The van der Waals surface area contributed by atoms with Gasteiger partial charge in [0.1, 0.15) is 5.75 Å². The Bertz CT molecular complexity index is 539. The number of aromatic nitrogens is 2. The van der Waals surface area contributed by atoms with Crippen LogP contribution in [-0.2, 0) is 13.1 Å². The SMILES string of the molecule is Cc1c(Cl)cnn1CCCOc1ccccc1CN. The van der Waals surface area contributed by atoms with Crippen molar-refractivity contribution in [1.82, 2.24) is 9.78 Å². The number of hydrogen-bond acceptors (Lipinski definition) is 3. The lowest BCUT2D eigenvalue weighted by Crippen LogP contribution is -2.08. The van der Waals surface area contributed by atoms with E-state index in [1.54, 1.807) is 6.20 Å². The van der Waals surface area contributed by atoms with Gasteiger partial charge in [0, 0.05) is 25.1 Å². The van der Waals surface area contributed by atoms with E-state index in [-0.39, 0.29) is 0 Å². The molecule has 0 aliphatic rings. The van der Waals surface area contributed by atoms with Crippen LogP contribution in [0.2, 0.25) is 5.02 Å². The zero-order chi connectivity index (χ0) is 13.7. The highest BCUT2D eigenvalue weighted by Gasteiger charge is 2.04. The second-order valence-corrected chi connectivity index (χ2v) is 4.72. The Hall–Kier alpha value is -1.52. The van der Waals surface area contributed by atoms with Crippen LogP contribution in [0.15, 0.2) is 30.5 Å². The van der Waals surface area contributed by atoms with Gasteiger partial charge in [0.25, 0.3) is 0 Å². The molecule has 0 bridgehead atoms. The summed E-state index contributed by atoms with van der Waals surface area (Å²) in [6, 6.07) is 7.83. The van der Waals surface area contributed by atoms with Crippen molar-refractivity contribution in [3.63, 3.8) is 0 Å². The zero-order valence-corrected chi connectivity index (χ0v) is 11.7. The standard InChI is InChI=1S/C14H18ClN3O/c1-11-13(15)10-17-18(11)7-4-8-19-14-6-3-2-5-12(14)9-16/h2-3,5-6,10H,4,7-9,16H2,1H3. The van der Waals surface area contributed by atoms with Gasteiger partial charge in [-0.2, -0.15) is 5.10 Å². The first-order valence-corrected chi connectivity index (χ1v) is 6.69. The third-order valence-electron chi connectivity index (χ3n) is 3.01. The number of aryl methyl sites for hydroxylation is 1. The summed E-state index contributed by atoms with van der Waals surface area (Å²) in [5.74, 6) is 0.861. The van der Waals surface area contributed by atoms with Gasteiger partial charge < -0.3 is 10.5 Å². The Morgan fingerprint density at radius 1 is 1.37 bits per heavy atom. The van der Waals surface area contributed by atoms with Gasteiger partial charge in [0.15, 0.2) is 0 Å². The smallest absolute Gasteiger partial charge is 0.123 e. The minimum atomic E-state index is 0.490. The monoisotopic (exact) mass is 279 g/mol. The van der Waals surface area contributed by atoms with E-state index in [4.69, 9.17) is 22.1 Å². The van der Waals surface area contributed by atoms with E-state index >= 15 is 0 Å². The van der Waals surface area contributed by atoms with Gasteiger partial charge in [0.05, 0.1) is 23.5 Å². The molecule has 0 amide bonds. The molecule has 0 aliphatic heterocycles. The highest BCUT2D eigenvalue weighted by atomic mass is 35.5. The van der Waals surface area contributed by atoms with Crippen LogP contribution in [-0.4, -0.2) is 16.4 Å². The maximum Gasteiger partial charge on any atom is 0.123 e. The first kappa shape index (κ1) is 13.9. The summed E-state index contributed by atoms with van der Waals surface area (Å²) in [5.41, 5.74) is 7.68. The van der Waals surface area contributed by atoms with E-state index in [9.17, 15) is 0 Å². The minimum absolute atomic E-state index is 0.490. The molecule has 0 aliphatic carbocycles. The lowest BCUT2D eigenvalue weighted by Gasteiger charge is -2.10. The zero-order valence-electron chi connectivity index (χ0n) is 11.0. The summed E-state index contributed by atoms with van der Waals surface area (Å²) in [5, 5.41) is 4.91. The molecule has 5 heteroatoms. The predicted molar refractivity (Wildman–Crippen MR) is 76.4 cm³/mol. The third-order valence-corrected chi connectivity index (χ3v) is 3.38. The molecule has 0 saturated carbocycles. The number of para-hydroxylation sites is 1. The van der Waals surface area contributed by atoms with Crippen molar-refractivity contribution in [2.24, 2.45) is 5.73 Å².